The quantitative estimate of drug-likeness (QED) is 0.878. The summed E-state index contributed by atoms with van der Waals surface area (Å²) in [5, 5.41) is 5.50. The van der Waals surface area contributed by atoms with Crippen molar-refractivity contribution in [2.24, 2.45) is 5.14 Å². The Labute approximate surface area is 145 Å². The van der Waals surface area contributed by atoms with Crippen LogP contribution < -0.4 is 14.8 Å². The van der Waals surface area contributed by atoms with E-state index in [0.29, 0.717) is 28.6 Å². The molecule has 24 heavy (non-hydrogen) atoms. The molecule has 0 aliphatic rings. The van der Waals surface area contributed by atoms with E-state index in [-0.39, 0.29) is 10.8 Å². The molecule has 0 aromatic heterocycles. The molecule has 0 spiro atoms. The molecule has 0 fully saturated rings. The number of anilines is 1. The monoisotopic (exact) mass is 368 g/mol. The third-order valence-electron chi connectivity index (χ3n) is 3.43. The molecule has 8 heteroatoms. The normalized spacial score (nSPS) is 11.2. The van der Waals surface area contributed by atoms with Gasteiger partial charge >= 0.3 is 0 Å². The number of methoxy groups -OCH3 is 1. The van der Waals surface area contributed by atoms with Gasteiger partial charge in [0.05, 0.1) is 17.6 Å². The summed E-state index contributed by atoms with van der Waals surface area (Å²) in [6.45, 7) is 2.19. The smallest absolute Gasteiger partial charge is 0.262 e. The highest BCUT2D eigenvalue weighted by Gasteiger charge is 2.21. The summed E-state index contributed by atoms with van der Waals surface area (Å²) in [6.07, 6.45) is 0. The molecule has 128 valence electrons. The molecule has 0 unspecified atom stereocenters. The van der Waals surface area contributed by atoms with Crippen LogP contribution in [0.1, 0.15) is 17.3 Å². The van der Waals surface area contributed by atoms with Crippen LogP contribution in [0.2, 0.25) is 5.02 Å². The fourth-order valence-corrected chi connectivity index (χ4v) is 2.94. The van der Waals surface area contributed by atoms with Crippen molar-refractivity contribution < 1.29 is 17.9 Å². The molecule has 2 rings (SSSR count). The van der Waals surface area contributed by atoms with Crippen LogP contribution in [0.15, 0.2) is 47.4 Å². The maximum absolute atomic E-state index is 12.8. The molecule has 2 aromatic rings. The summed E-state index contributed by atoms with van der Waals surface area (Å²) in [4.78, 5) is 14.3. The molecular weight excluding hydrogens is 352 g/mol. The van der Waals surface area contributed by atoms with Crippen LogP contribution in [0, 0.1) is 0 Å². The third-order valence-corrected chi connectivity index (χ3v) is 4.59. The lowest BCUT2D eigenvalue weighted by molar-refractivity contribution is 0.0985. The Bertz CT molecular complexity index is 851. The minimum Gasteiger partial charge on any atom is -0.496 e. The van der Waals surface area contributed by atoms with Gasteiger partial charge in [0.1, 0.15) is 5.75 Å². The highest BCUT2D eigenvalue weighted by Crippen LogP contribution is 2.26. The molecule has 1 amide bonds. The van der Waals surface area contributed by atoms with Crippen LogP contribution in [0.25, 0.3) is 0 Å². The largest absolute Gasteiger partial charge is 0.496 e. The number of carbonyl (C=O) groups excluding carboxylic acids is 1. The first-order valence-electron chi connectivity index (χ1n) is 7.06. The lowest BCUT2D eigenvalue weighted by atomic mass is 10.1. The Hall–Kier alpha value is -2.09. The van der Waals surface area contributed by atoms with Gasteiger partial charge in [-0.1, -0.05) is 11.6 Å². The standard InChI is InChI=1S/C16H17ClN2O4S/c1-3-19(12-5-7-13(8-6-12)24(18,21)22)16(20)14-10-11(17)4-9-15(14)23-2/h4-10H,3H2,1-2H3,(H2,18,21,22). The molecule has 0 radical (unpaired) electrons. The summed E-state index contributed by atoms with van der Waals surface area (Å²) in [6, 6.07) is 10.5. The maximum Gasteiger partial charge on any atom is 0.262 e. The molecule has 0 heterocycles. The number of hydrogen-bond donors (Lipinski definition) is 1. The van der Waals surface area contributed by atoms with Crippen molar-refractivity contribution in [3.8, 4) is 5.75 Å². The molecule has 0 aliphatic carbocycles. The number of rotatable bonds is 5. The van der Waals surface area contributed by atoms with Gasteiger partial charge in [0.15, 0.2) is 0 Å². The minimum atomic E-state index is -3.78. The lowest BCUT2D eigenvalue weighted by Gasteiger charge is -2.22. The van der Waals surface area contributed by atoms with Crippen molar-refractivity contribution in [1.29, 1.82) is 0 Å². The molecule has 0 saturated carbocycles. The number of halogens is 1. The number of hydrogen-bond acceptors (Lipinski definition) is 4. The van der Waals surface area contributed by atoms with Crippen molar-refractivity contribution in [2.75, 3.05) is 18.6 Å². The van der Waals surface area contributed by atoms with Gasteiger partial charge in [-0.2, -0.15) is 0 Å². The van der Waals surface area contributed by atoms with Crippen LogP contribution >= 0.6 is 11.6 Å². The number of ether oxygens (including phenoxy) is 1. The topological polar surface area (TPSA) is 89.7 Å². The summed E-state index contributed by atoms with van der Waals surface area (Å²) in [7, 11) is -2.31. The Morgan fingerprint density at radius 2 is 1.83 bits per heavy atom. The van der Waals surface area contributed by atoms with E-state index in [4.69, 9.17) is 21.5 Å². The number of primary sulfonamides is 1. The predicted octanol–water partition coefficient (Wildman–Crippen LogP) is 2.66. The van der Waals surface area contributed by atoms with Crippen molar-refractivity contribution in [3.05, 3.63) is 53.1 Å². The second-order valence-corrected chi connectivity index (χ2v) is 6.93. The van der Waals surface area contributed by atoms with Crippen molar-refractivity contribution in [1.82, 2.24) is 0 Å². The van der Waals surface area contributed by atoms with E-state index in [1.165, 1.54) is 42.3 Å². The van der Waals surface area contributed by atoms with Crippen LogP contribution in [0.4, 0.5) is 5.69 Å². The second kappa shape index (κ2) is 7.21. The van der Waals surface area contributed by atoms with Gasteiger partial charge in [-0.3, -0.25) is 4.79 Å². The van der Waals surface area contributed by atoms with Crippen LogP contribution in [0.3, 0.4) is 0 Å². The average Bonchev–Trinajstić information content (AvgIpc) is 2.55. The third kappa shape index (κ3) is 3.87. The van der Waals surface area contributed by atoms with Crippen molar-refractivity contribution in [2.45, 2.75) is 11.8 Å². The lowest BCUT2D eigenvalue weighted by Crippen LogP contribution is -2.31. The van der Waals surface area contributed by atoms with Gasteiger partial charge in [0.25, 0.3) is 5.91 Å². The zero-order valence-corrected chi connectivity index (χ0v) is 14.8. The molecule has 2 N–H and O–H groups in total. The Morgan fingerprint density at radius 3 is 2.33 bits per heavy atom. The van der Waals surface area contributed by atoms with E-state index in [2.05, 4.69) is 0 Å². The van der Waals surface area contributed by atoms with Gasteiger partial charge in [-0.15, -0.1) is 0 Å². The SMILES string of the molecule is CCN(C(=O)c1cc(Cl)ccc1OC)c1ccc(S(N)(=O)=O)cc1. The van der Waals surface area contributed by atoms with Gasteiger partial charge in [0, 0.05) is 17.3 Å². The average molecular weight is 369 g/mol. The number of nitrogens with zero attached hydrogens (tertiary/aromatic N) is 1. The number of carbonyl (C=O) groups is 1. The second-order valence-electron chi connectivity index (χ2n) is 4.93. The molecular formula is C16H17ClN2O4S. The highest BCUT2D eigenvalue weighted by molar-refractivity contribution is 7.89. The molecule has 0 bridgehead atoms. The Morgan fingerprint density at radius 1 is 1.21 bits per heavy atom. The van der Waals surface area contributed by atoms with Gasteiger partial charge < -0.3 is 9.64 Å². The maximum atomic E-state index is 12.8. The van der Waals surface area contributed by atoms with E-state index in [1.807, 2.05) is 6.92 Å². The van der Waals surface area contributed by atoms with E-state index in [0.717, 1.165) is 0 Å². The van der Waals surface area contributed by atoms with Crippen molar-refractivity contribution >= 4 is 33.2 Å². The van der Waals surface area contributed by atoms with Crippen LogP contribution in [-0.2, 0) is 10.0 Å². The zero-order valence-electron chi connectivity index (χ0n) is 13.2. The number of nitrogens with two attached hydrogens (primary N) is 1. The fraction of sp³-hybridized carbons (Fsp3) is 0.188. The summed E-state index contributed by atoms with van der Waals surface area (Å²) in [5.41, 5.74) is 0.860. The zero-order chi connectivity index (χ0) is 17.9. The van der Waals surface area contributed by atoms with Gasteiger partial charge in [-0.25, -0.2) is 13.6 Å². The first-order valence-corrected chi connectivity index (χ1v) is 8.98. The van der Waals surface area contributed by atoms with E-state index in [9.17, 15) is 13.2 Å². The fourth-order valence-electron chi connectivity index (χ4n) is 2.25. The molecule has 6 nitrogen and oxygen atoms in total. The Kier molecular flexibility index (Phi) is 5.48. The predicted molar refractivity (Wildman–Crippen MR) is 93.2 cm³/mol. The summed E-state index contributed by atoms with van der Waals surface area (Å²) in [5.74, 6) is 0.101. The Balaban J connectivity index is 2.41. The van der Waals surface area contributed by atoms with E-state index in [1.54, 1.807) is 12.1 Å². The van der Waals surface area contributed by atoms with Crippen LogP contribution in [-0.4, -0.2) is 28.0 Å². The van der Waals surface area contributed by atoms with Gasteiger partial charge in [0.2, 0.25) is 10.0 Å². The van der Waals surface area contributed by atoms with Gasteiger partial charge in [-0.05, 0) is 49.4 Å². The highest BCUT2D eigenvalue weighted by atomic mass is 35.5. The first kappa shape index (κ1) is 18.3. The number of sulfonamides is 1. The van der Waals surface area contributed by atoms with Crippen LogP contribution in [0.5, 0.6) is 5.75 Å². The minimum absolute atomic E-state index is 0.0184. The molecule has 0 atom stereocenters. The number of benzene rings is 2. The molecule has 0 aliphatic heterocycles. The molecule has 2 aromatic carbocycles. The first-order chi connectivity index (χ1) is 11.3. The number of amides is 1. The summed E-state index contributed by atoms with van der Waals surface area (Å²) < 4.78 is 27.9. The molecule has 0 saturated heterocycles. The summed E-state index contributed by atoms with van der Waals surface area (Å²) >= 11 is 5.98. The van der Waals surface area contributed by atoms with E-state index >= 15 is 0 Å². The van der Waals surface area contributed by atoms with Crippen molar-refractivity contribution in [3.63, 3.8) is 0 Å². The van der Waals surface area contributed by atoms with E-state index < -0.39 is 10.0 Å².